The van der Waals surface area contributed by atoms with Gasteiger partial charge in [0.2, 0.25) is 0 Å². The number of aryl methyl sites for hydroxylation is 1. The van der Waals surface area contributed by atoms with Crippen LogP contribution in [0.4, 0.5) is 0 Å². The summed E-state index contributed by atoms with van der Waals surface area (Å²) in [4.78, 5) is 12.3. The molecule has 29 heavy (non-hydrogen) atoms. The van der Waals surface area contributed by atoms with Gasteiger partial charge in [0.1, 0.15) is 0 Å². The molecule has 3 N–H and O–H groups in total. The summed E-state index contributed by atoms with van der Waals surface area (Å²) in [7, 11) is 0. The molecule has 1 atom stereocenters. The van der Waals surface area contributed by atoms with Crippen molar-refractivity contribution in [3.05, 3.63) is 93.0 Å². The molecular formula is C24H22Cl2N2O. The number of carbonyl (C=O) groups excluding carboxylic acids is 1. The van der Waals surface area contributed by atoms with E-state index in [4.69, 9.17) is 28.9 Å². The number of hydrogen-bond donors (Lipinski definition) is 2. The van der Waals surface area contributed by atoms with Gasteiger partial charge in [-0.2, -0.15) is 0 Å². The van der Waals surface area contributed by atoms with Gasteiger partial charge in [-0.1, -0.05) is 59.6 Å². The molecule has 0 radical (unpaired) electrons. The highest BCUT2D eigenvalue weighted by Gasteiger charge is 2.26. The highest BCUT2D eigenvalue weighted by molar-refractivity contribution is 6.35. The fourth-order valence-corrected chi connectivity index (χ4v) is 4.56. The fraction of sp³-hybridized carbons (Fsp3) is 0.208. The third-order valence-electron chi connectivity index (χ3n) is 5.45. The maximum Gasteiger partial charge on any atom is 0.251 e. The molecule has 3 aromatic rings. The molecule has 0 saturated heterocycles. The summed E-state index contributed by atoms with van der Waals surface area (Å²) in [5, 5.41) is 4.18. The van der Waals surface area contributed by atoms with E-state index in [2.05, 4.69) is 23.5 Å². The molecule has 1 aliphatic rings. The molecule has 1 aliphatic carbocycles. The van der Waals surface area contributed by atoms with Crippen molar-refractivity contribution in [3.63, 3.8) is 0 Å². The summed E-state index contributed by atoms with van der Waals surface area (Å²) in [6.45, 7) is 0.885. The van der Waals surface area contributed by atoms with Crippen molar-refractivity contribution in [2.75, 3.05) is 13.1 Å². The zero-order valence-corrected chi connectivity index (χ0v) is 17.4. The summed E-state index contributed by atoms with van der Waals surface area (Å²) in [5.74, 6) is 0.148. The quantitative estimate of drug-likeness (QED) is 0.573. The van der Waals surface area contributed by atoms with Crippen LogP contribution in [0.25, 0.3) is 11.1 Å². The van der Waals surface area contributed by atoms with Crippen LogP contribution in [0.15, 0.2) is 60.7 Å². The zero-order chi connectivity index (χ0) is 20.4. The van der Waals surface area contributed by atoms with Crippen LogP contribution in [0.2, 0.25) is 10.0 Å². The second kappa shape index (κ2) is 8.58. The molecule has 3 nitrogen and oxygen atoms in total. The number of halogens is 2. The van der Waals surface area contributed by atoms with Gasteiger partial charge < -0.3 is 11.1 Å². The highest BCUT2D eigenvalue weighted by Crippen LogP contribution is 2.42. The maximum absolute atomic E-state index is 12.3. The lowest BCUT2D eigenvalue weighted by molar-refractivity contribution is 0.0955. The summed E-state index contributed by atoms with van der Waals surface area (Å²) < 4.78 is 0. The van der Waals surface area contributed by atoms with Gasteiger partial charge in [-0.25, -0.2) is 0 Å². The van der Waals surface area contributed by atoms with Crippen LogP contribution in [0.3, 0.4) is 0 Å². The third-order valence-corrected chi connectivity index (χ3v) is 6.01. The highest BCUT2D eigenvalue weighted by atomic mass is 35.5. The number of amides is 1. The molecule has 1 amide bonds. The Morgan fingerprint density at radius 2 is 1.83 bits per heavy atom. The van der Waals surface area contributed by atoms with Gasteiger partial charge in [0.05, 0.1) is 0 Å². The van der Waals surface area contributed by atoms with Crippen LogP contribution in [-0.2, 0) is 6.42 Å². The maximum atomic E-state index is 12.3. The van der Waals surface area contributed by atoms with Crippen molar-refractivity contribution >= 4 is 29.1 Å². The van der Waals surface area contributed by atoms with Gasteiger partial charge >= 0.3 is 0 Å². The molecular weight excluding hydrogens is 403 g/mol. The molecule has 3 aromatic carbocycles. The van der Waals surface area contributed by atoms with Gasteiger partial charge in [0, 0.05) is 34.6 Å². The van der Waals surface area contributed by atoms with Crippen LogP contribution in [0.1, 0.15) is 39.4 Å². The van der Waals surface area contributed by atoms with Crippen LogP contribution >= 0.6 is 23.2 Å². The Labute approximate surface area is 180 Å². The number of hydrogen-bond acceptors (Lipinski definition) is 2. The Balaban J connectivity index is 1.67. The average molecular weight is 425 g/mol. The lowest BCUT2D eigenvalue weighted by Gasteiger charge is -2.16. The second-order valence-electron chi connectivity index (χ2n) is 7.30. The average Bonchev–Trinajstić information content (AvgIpc) is 3.15. The van der Waals surface area contributed by atoms with E-state index in [1.54, 1.807) is 0 Å². The van der Waals surface area contributed by atoms with E-state index in [-0.39, 0.29) is 11.8 Å². The summed E-state index contributed by atoms with van der Waals surface area (Å²) in [6, 6.07) is 20.0. The monoisotopic (exact) mass is 424 g/mol. The molecule has 148 valence electrons. The smallest absolute Gasteiger partial charge is 0.251 e. The van der Waals surface area contributed by atoms with E-state index in [1.165, 1.54) is 11.1 Å². The number of carbonyl (C=O) groups is 1. The molecule has 0 aromatic heterocycles. The minimum absolute atomic E-state index is 0.107. The van der Waals surface area contributed by atoms with Crippen molar-refractivity contribution in [2.45, 2.75) is 18.8 Å². The number of nitrogens with two attached hydrogens (primary N) is 1. The lowest BCUT2D eigenvalue weighted by atomic mass is 9.90. The largest absolute Gasteiger partial charge is 0.351 e. The molecule has 0 spiro atoms. The van der Waals surface area contributed by atoms with Gasteiger partial charge in [-0.05, 0) is 64.9 Å². The summed E-state index contributed by atoms with van der Waals surface area (Å²) >= 11 is 12.6. The number of rotatable bonds is 5. The molecule has 0 aliphatic heterocycles. The first-order valence-electron chi connectivity index (χ1n) is 9.73. The zero-order valence-electron chi connectivity index (χ0n) is 15.9. The van der Waals surface area contributed by atoms with Crippen molar-refractivity contribution < 1.29 is 4.79 Å². The van der Waals surface area contributed by atoms with Gasteiger partial charge in [0.25, 0.3) is 5.91 Å². The van der Waals surface area contributed by atoms with Crippen molar-refractivity contribution in [1.29, 1.82) is 0 Å². The van der Waals surface area contributed by atoms with E-state index in [0.29, 0.717) is 28.7 Å². The Kier molecular flexibility index (Phi) is 5.91. The second-order valence-corrected chi connectivity index (χ2v) is 8.14. The molecule has 0 saturated carbocycles. The van der Waals surface area contributed by atoms with Crippen LogP contribution < -0.4 is 11.1 Å². The first kappa shape index (κ1) is 20.0. The van der Waals surface area contributed by atoms with Crippen molar-refractivity contribution in [2.24, 2.45) is 5.73 Å². The Bertz CT molecular complexity index is 1060. The number of nitrogens with one attached hydrogen (secondary N) is 1. The Morgan fingerprint density at radius 1 is 1.00 bits per heavy atom. The molecule has 4 rings (SSSR count). The van der Waals surface area contributed by atoms with E-state index in [0.717, 1.165) is 29.5 Å². The first-order chi connectivity index (χ1) is 14.1. The standard InChI is InChI=1S/C24H22Cl2N2O/c25-19-7-9-21(23(26)14-19)20-8-6-15-4-5-17(13-22(15)20)16-2-1-3-18(12-16)24(29)28-11-10-27/h1-5,7,9,12-14,20H,6,8,10-11,27H2,(H,28,29). The Hall–Kier alpha value is -2.33. The van der Waals surface area contributed by atoms with Crippen LogP contribution in [-0.4, -0.2) is 19.0 Å². The lowest BCUT2D eigenvalue weighted by Crippen LogP contribution is -2.28. The predicted octanol–water partition coefficient (Wildman–Crippen LogP) is 5.43. The van der Waals surface area contributed by atoms with E-state index in [1.807, 2.05) is 42.5 Å². The van der Waals surface area contributed by atoms with Crippen molar-refractivity contribution in [1.82, 2.24) is 5.32 Å². The number of benzene rings is 3. The molecule has 5 heteroatoms. The third kappa shape index (κ3) is 4.18. The fourth-order valence-electron chi connectivity index (χ4n) is 4.02. The Morgan fingerprint density at radius 3 is 2.62 bits per heavy atom. The topological polar surface area (TPSA) is 55.1 Å². The minimum atomic E-state index is -0.107. The number of fused-ring (bicyclic) bond motifs is 1. The normalized spacial score (nSPS) is 15.2. The van der Waals surface area contributed by atoms with Gasteiger partial charge in [0.15, 0.2) is 0 Å². The summed E-state index contributed by atoms with van der Waals surface area (Å²) in [5.41, 5.74) is 12.0. The predicted molar refractivity (Wildman–Crippen MR) is 120 cm³/mol. The van der Waals surface area contributed by atoms with E-state index in [9.17, 15) is 4.79 Å². The SMILES string of the molecule is NCCNC(=O)c1cccc(-c2ccc3c(c2)C(c2ccc(Cl)cc2Cl)CC3)c1. The summed E-state index contributed by atoms with van der Waals surface area (Å²) in [6.07, 6.45) is 2.06. The molecule has 1 unspecified atom stereocenters. The van der Waals surface area contributed by atoms with Gasteiger partial charge in [-0.3, -0.25) is 4.79 Å². The molecule has 0 heterocycles. The van der Waals surface area contributed by atoms with Gasteiger partial charge in [-0.15, -0.1) is 0 Å². The van der Waals surface area contributed by atoms with E-state index >= 15 is 0 Å². The first-order valence-corrected chi connectivity index (χ1v) is 10.5. The van der Waals surface area contributed by atoms with Crippen LogP contribution in [0, 0.1) is 0 Å². The van der Waals surface area contributed by atoms with Crippen molar-refractivity contribution in [3.8, 4) is 11.1 Å². The molecule has 0 fully saturated rings. The molecule has 0 bridgehead atoms. The van der Waals surface area contributed by atoms with Crippen LogP contribution in [0.5, 0.6) is 0 Å². The van der Waals surface area contributed by atoms with E-state index < -0.39 is 0 Å². The minimum Gasteiger partial charge on any atom is -0.351 e.